The van der Waals surface area contributed by atoms with Crippen LogP contribution in [0.4, 0.5) is 5.69 Å². The van der Waals surface area contributed by atoms with Gasteiger partial charge in [-0.3, -0.25) is 14.4 Å². The molecule has 1 N–H and O–H groups in total. The summed E-state index contributed by atoms with van der Waals surface area (Å²) in [6.45, 7) is 1.50. The summed E-state index contributed by atoms with van der Waals surface area (Å²) in [5, 5.41) is 2.62. The van der Waals surface area contributed by atoms with Gasteiger partial charge < -0.3 is 10.1 Å². The molecule has 2 atom stereocenters. The number of carbonyl (C=O) groups excluding carboxylic acids is 3. The van der Waals surface area contributed by atoms with E-state index in [1.165, 1.54) is 24.8 Å². The van der Waals surface area contributed by atoms with E-state index in [4.69, 9.17) is 16.3 Å². The normalized spacial score (nSPS) is 17.0. The highest BCUT2D eigenvalue weighted by Crippen LogP contribution is 2.36. The van der Waals surface area contributed by atoms with Crippen molar-refractivity contribution >= 4 is 46.7 Å². The van der Waals surface area contributed by atoms with E-state index in [-0.39, 0.29) is 18.1 Å². The third kappa shape index (κ3) is 4.26. The van der Waals surface area contributed by atoms with Gasteiger partial charge in [-0.25, -0.2) is 0 Å². The molecule has 7 heteroatoms. The van der Waals surface area contributed by atoms with E-state index in [0.717, 1.165) is 10.6 Å². The van der Waals surface area contributed by atoms with Crippen molar-refractivity contribution in [2.75, 3.05) is 5.32 Å². The number of halogens is 1. The van der Waals surface area contributed by atoms with Gasteiger partial charge in [0.2, 0.25) is 11.7 Å². The molecule has 1 aliphatic heterocycles. The Bertz CT molecular complexity index is 870. The van der Waals surface area contributed by atoms with Gasteiger partial charge in [-0.15, -0.1) is 11.8 Å². The minimum absolute atomic E-state index is 0.113. The lowest BCUT2D eigenvalue weighted by Crippen LogP contribution is -2.33. The quantitative estimate of drug-likeness (QED) is 0.619. The lowest BCUT2D eigenvalue weighted by atomic mass is 10.1. The van der Waals surface area contributed by atoms with Gasteiger partial charge in [0, 0.05) is 15.5 Å². The molecule has 0 bridgehead atoms. The van der Waals surface area contributed by atoms with Crippen molar-refractivity contribution in [1.29, 1.82) is 0 Å². The number of ether oxygens (including phenoxy) is 1. The second kappa shape index (κ2) is 7.93. The Morgan fingerprint density at radius 2 is 2.00 bits per heavy atom. The van der Waals surface area contributed by atoms with Crippen LogP contribution in [0, 0.1) is 0 Å². The number of esters is 1. The first-order valence-electron chi connectivity index (χ1n) is 8.00. The lowest BCUT2D eigenvalue weighted by molar-refractivity contribution is -0.147. The fraction of sp³-hybridized carbons (Fsp3) is 0.211. The average molecular weight is 390 g/mol. The Hall–Kier alpha value is -2.31. The molecular weight excluding hydrogens is 374 g/mol. The highest BCUT2D eigenvalue weighted by Gasteiger charge is 2.30. The van der Waals surface area contributed by atoms with Crippen LogP contribution >= 0.6 is 23.4 Å². The molecule has 134 valence electrons. The molecule has 0 unspecified atom stereocenters. The molecule has 3 rings (SSSR count). The summed E-state index contributed by atoms with van der Waals surface area (Å²) in [6.07, 6.45) is -1.07. The summed E-state index contributed by atoms with van der Waals surface area (Å²) in [6, 6.07) is 13.8. The van der Waals surface area contributed by atoms with E-state index in [1.54, 1.807) is 24.3 Å². The molecule has 26 heavy (non-hydrogen) atoms. The van der Waals surface area contributed by atoms with E-state index in [0.29, 0.717) is 10.6 Å². The molecule has 1 aliphatic rings. The van der Waals surface area contributed by atoms with Crippen molar-refractivity contribution < 1.29 is 19.1 Å². The number of para-hydroxylation sites is 1. The highest BCUT2D eigenvalue weighted by molar-refractivity contribution is 8.01. The highest BCUT2D eigenvalue weighted by atomic mass is 35.5. The summed E-state index contributed by atoms with van der Waals surface area (Å²) in [7, 11) is 0. The molecule has 2 aromatic carbocycles. The number of hydrogen-bond donors (Lipinski definition) is 1. The fourth-order valence-electron chi connectivity index (χ4n) is 2.55. The number of hydrogen-bond acceptors (Lipinski definition) is 5. The number of amides is 1. The van der Waals surface area contributed by atoms with Gasteiger partial charge in [0.05, 0.1) is 17.4 Å². The summed E-state index contributed by atoms with van der Waals surface area (Å²) in [5.74, 6) is -1.19. The van der Waals surface area contributed by atoms with Gasteiger partial charge in [-0.1, -0.05) is 35.9 Å². The van der Waals surface area contributed by atoms with Gasteiger partial charge in [-0.2, -0.15) is 0 Å². The van der Waals surface area contributed by atoms with Crippen molar-refractivity contribution in [1.82, 2.24) is 0 Å². The molecule has 0 aliphatic carbocycles. The van der Waals surface area contributed by atoms with Crippen molar-refractivity contribution in [3.05, 3.63) is 59.1 Å². The summed E-state index contributed by atoms with van der Waals surface area (Å²) in [5.41, 5.74) is 1.10. The zero-order chi connectivity index (χ0) is 18.7. The van der Waals surface area contributed by atoms with E-state index >= 15 is 0 Å². The first-order chi connectivity index (χ1) is 12.4. The van der Waals surface area contributed by atoms with E-state index in [1.807, 2.05) is 18.2 Å². The Kier molecular flexibility index (Phi) is 5.64. The number of anilines is 1. The number of Topliss-reactive ketones (excluding diaryl/α,β-unsaturated/α-hetero) is 1. The van der Waals surface area contributed by atoms with Crippen LogP contribution in [0.1, 0.15) is 23.7 Å². The number of nitrogens with one attached hydrogen (secondary N) is 1. The van der Waals surface area contributed by atoms with Crippen LogP contribution in [-0.2, 0) is 14.3 Å². The van der Waals surface area contributed by atoms with Gasteiger partial charge in [0.15, 0.2) is 6.10 Å². The average Bonchev–Trinajstić information content (AvgIpc) is 2.61. The molecular formula is C19H16ClNO4S. The number of fused-ring (bicyclic) bond motifs is 1. The topological polar surface area (TPSA) is 72.5 Å². The van der Waals surface area contributed by atoms with Crippen molar-refractivity contribution in [2.45, 2.75) is 29.6 Å². The molecule has 0 radical (unpaired) electrons. The molecule has 5 nitrogen and oxygen atoms in total. The maximum Gasteiger partial charge on any atom is 0.308 e. The third-order valence-electron chi connectivity index (χ3n) is 3.85. The van der Waals surface area contributed by atoms with Gasteiger partial charge in [0.25, 0.3) is 0 Å². The standard InChI is InChI=1S/C19H16ClNO4S/c1-11(18(23)12-5-4-6-13(20)9-12)25-17(22)10-16-19(24)21-14-7-2-3-8-15(14)26-16/h2-9,11,16H,10H2,1H3,(H,21,24)/t11-,16+/m0/s1. The molecule has 0 saturated heterocycles. The lowest BCUT2D eigenvalue weighted by Gasteiger charge is -2.23. The summed E-state index contributed by atoms with van der Waals surface area (Å²) >= 11 is 7.19. The summed E-state index contributed by atoms with van der Waals surface area (Å²) < 4.78 is 5.22. The van der Waals surface area contributed by atoms with Gasteiger partial charge in [-0.05, 0) is 31.2 Å². The van der Waals surface area contributed by atoms with E-state index in [2.05, 4.69) is 5.32 Å². The SMILES string of the molecule is C[C@H](OC(=O)C[C@H]1Sc2ccccc2NC1=O)C(=O)c1cccc(Cl)c1. The number of rotatable bonds is 5. The van der Waals surface area contributed by atoms with Crippen LogP contribution in [-0.4, -0.2) is 29.0 Å². The zero-order valence-electron chi connectivity index (χ0n) is 13.9. The van der Waals surface area contributed by atoms with Crippen LogP contribution in [0.3, 0.4) is 0 Å². The van der Waals surface area contributed by atoms with E-state index < -0.39 is 17.3 Å². The molecule has 2 aromatic rings. The predicted molar refractivity (Wildman–Crippen MR) is 101 cm³/mol. The molecule has 0 saturated carbocycles. The number of benzene rings is 2. The fourth-order valence-corrected chi connectivity index (χ4v) is 3.84. The predicted octanol–water partition coefficient (Wildman–Crippen LogP) is 3.96. The number of carbonyl (C=O) groups is 3. The van der Waals surface area contributed by atoms with Crippen molar-refractivity contribution in [2.24, 2.45) is 0 Å². The number of thioether (sulfide) groups is 1. The third-order valence-corrected chi connectivity index (χ3v) is 5.36. The Balaban J connectivity index is 1.60. The second-order valence-electron chi connectivity index (χ2n) is 5.80. The van der Waals surface area contributed by atoms with Crippen LogP contribution in [0.5, 0.6) is 0 Å². The van der Waals surface area contributed by atoms with Gasteiger partial charge >= 0.3 is 5.97 Å². The minimum atomic E-state index is -0.954. The first-order valence-corrected chi connectivity index (χ1v) is 9.25. The van der Waals surface area contributed by atoms with Crippen LogP contribution in [0.2, 0.25) is 5.02 Å². The Labute approximate surface area is 160 Å². The summed E-state index contributed by atoms with van der Waals surface area (Å²) in [4.78, 5) is 37.6. The monoisotopic (exact) mass is 389 g/mol. The Morgan fingerprint density at radius 3 is 2.77 bits per heavy atom. The van der Waals surface area contributed by atoms with Crippen LogP contribution in [0.15, 0.2) is 53.4 Å². The molecule has 0 spiro atoms. The maximum absolute atomic E-state index is 12.3. The molecule has 1 heterocycles. The smallest absolute Gasteiger partial charge is 0.308 e. The first kappa shape index (κ1) is 18.5. The minimum Gasteiger partial charge on any atom is -0.454 e. The molecule has 1 amide bonds. The Morgan fingerprint density at radius 1 is 1.23 bits per heavy atom. The zero-order valence-corrected chi connectivity index (χ0v) is 15.5. The largest absolute Gasteiger partial charge is 0.454 e. The molecule has 0 aromatic heterocycles. The number of ketones is 1. The second-order valence-corrected chi connectivity index (χ2v) is 7.48. The van der Waals surface area contributed by atoms with Gasteiger partial charge in [0.1, 0.15) is 0 Å². The van der Waals surface area contributed by atoms with Crippen molar-refractivity contribution in [3.8, 4) is 0 Å². The van der Waals surface area contributed by atoms with Crippen LogP contribution < -0.4 is 5.32 Å². The maximum atomic E-state index is 12.3. The van der Waals surface area contributed by atoms with Crippen molar-refractivity contribution in [3.63, 3.8) is 0 Å². The van der Waals surface area contributed by atoms with Crippen LogP contribution in [0.25, 0.3) is 0 Å². The van der Waals surface area contributed by atoms with E-state index in [9.17, 15) is 14.4 Å². The molecule has 0 fully saturated rings.